The van der Waals surface area contributed by atoms with Gasteiger partial charge in [-0.05, 0) is 19.5 Å². The molecule has 0 aliphatic heterocycles. The zero-order chi connectivity index (χ0) is 6.83. The van der Waals surface area contributed by atoms with E-state index in [1.54, 1.807) is 0 Å². The topological polar surface area (TPSA) is 12.0 Å². The molecule has 60 valence electrons. The highest BCUT2D eigenvalue weighted by atomic mass is 14.8. The SMILES string of the molecule is C.CC.CCCNCC. The van der Waals surface area contributed by atoms with E-state index in [1.165, 1.54) is 6.42 Å². The summed E-state index contributed by atoms with van der Waals surface area (Å²) in [6.45, 7) is 10.6. The fourth-order valence-corrected chi connectivity index (χ4v) is 0.354. The van der Waals surface area contributed by atoms with Gasteiger partial charge in [0.05, 0.1) is 0 Å². The Morgan fingerprint density at radius 3 is 1.67 bits per heavy atom. The molecule has 1 heteroatoms. The van der Waals surface area contributed by atoms with Crippen molar-refractivity contribution >= 4 is 0 Å². The third-order valence-corrected chi connectivity index (χ3v) is 0.677. The standard InChI is InChI=1S/C5H13N.C2H6.CH4/c1-3-5-6-4-2;1-2;/h6H,3-5H2,1-2H3;1-2H3;1H4. The molecule has 0 rings (SSSR count). The van der Waals surface area contributed by atoms with Gasteiger partial charge in [-0.15, -0.1) is 0 Å². The molecule has 0 saturated carbocycles. The van der Waals surface area contributed by atoms with E-state index in [0.717, 1.165) is 13.1 Å². The molecule has 1 nitrogen and oxygen atoms in total. The summed E-state index contributed by atoms with van der Waals surface area (Å²) in [4.78, 5) is 0. The lowest BCUT2D eigenvalue weighted by Gasteiger charge is -1.91. The van der Waals surface area contributed by atoms with Gasteiger partial charge in [-0.1, -0.05) is 35.1 Å². The molecular weight excluding hydrogens is 110 g/mol. The molecule has 0 aromatic rings. The van der Waals surface area contributed by atoms with Crippen molar-refractivity contribution in [3.05, 3.63) is 0 Å². The van der Waals surface area contributed by atoms with Crippen molar-refractivity contribution in [1.82, 2.24) is 5.32 Å². The molecule has 0 heterocycles. The van der Waals surface area contributed by atoms with Crippen molar-refractivity contribution in [2.45, 2.75) is 41.5 Å². The van der Waals surface area contributed by atoms with Gasteiger partial charge in [-0.25, -0.2) is 0 Å². The number of rotatable bonds is 3. The van der Waals surface area contributed by atoms with Gasteiger partial charge in [-0.2, -0.15) is 0 Å². The molecule has 0 amide bonds. The Balaban J connectivity index is -0.000000109. The quantitative estimate of drug-likeness (QED) is 0.584. The van der Waals surface area contributed by atoms with Gasteiger partial charge < -0.3 is 5.32 Å². The van der Waals surface area contributed by atoms with Crippen LogP contribution in [-0.2, 0) is 0 Å². The first-order chi connectivity index (χ1) is 3.91. The number of hydrogen-bond acceptors (Lipinski definition) is 1. The summed E-state index contributed by atoms with van der Waals surface area (Å²) in [6.07, 6.45) is 1.24. The van der Waals surface area contributed by atoms with Crippen molar-refractivity contribution in [3.8, 4) is 0 Å². The second-order valence-electron chi connectivity index (χ2n) is 1.35. The van der Waals surface area contributed by atoms with E-state index in [2.05, 4.69) is 19.2 Å². The van der Waals surface area contributed by atoms with Crippen LogP contribution in [0.1, 0.15) is 41.5 Å². The molecule has 0 bridgehead atoms. The molecule has 0 radical (unpaired) electrons. The Labute approximate surface area is 60.9 Å². The fourth-order valence-electron chi connectivity index (χ4n) is 0.354. The lowest BCUT2D eigenvalue weighted by molar-refractivity contribution is 0.703. The smallest absolute Gasteiger partial charge is 0.00517 e. The average Bonchev–Trinajstić information content (AvgIpc) is 1.88. The monoisotopic (exact) mass is 133 g/mol. The largest absolute Gasteiger partial charge is 0.317 e. The van der Waals surface area contributed by atoms with Crippen molar-refractivity contribution in [3.63, 3.8) is 0 Å². The van der Waals surface area contributed by atoms with Crippen LogP contribution in [0, 0.1) is 0 Å². The molecule has 0 aromatic carbocycles. The Morgan fingerprint density at radius 1 is 1.11 bits per heavy atom. The van der Waals surface area contributed by atoms with Crippen LogP contribution in [0.25, 0.3) is 0 Å². The fraction of sp³-hybridized carbons (Fsp3) is 1.00. The van der Waals surface area contributed by atoms with Gasteiger partial charge in [0.2, 0.25) is 0 Å². The van der Waals surface area contributed by atoms with Gasteiger partial charge >= 0.3 is 0 Å². The van der Waals surface area contributed by atoms with Gasteiger partial charge in [-0.3, -0.25) is 0 Å². The van der Waals surface area contributed by atoms with Crippen molar-refractivity contribution < 1.29 is 0 Å². The first-order valence-electron chi connectivity index (χ1n) is 3.62. The predicted octanol–water partition coefficient (Wildman–Crippen LogP) is 2.67. The molecule has 0 spiro atoms. The predicted molar refractivity (Wildman–Crippen MR) is 46.9 cm³/mol. The summed E-state index contributed by atoms with van der Waals surface area (Å²) in [7, 11) is 0. The van der Waals surface area contributed by atoms with Gasteiger partial charge in [0.1, 0.15) is 0 Å². The molecule has 0 saturated heterocycles. The van der Waals surface area contributed by atoms with E-state index in [9.17, 15) is 0 Å². The molecular formula is C8H23N. The van der Waals surface area contributed by atoms with Crippen LogP contribution in [0.15, 0.2) is 0 Å². The Hall–Kier alpha value is -0.0400. The number of nitrogens with one attached hydrogen (secondary N) is 1. The van der Waals surface area contributed by atoms with Crippen molar-refractivity contribution in [2.24, 2.45) is 0 Å². The van der Waals surface area contributed by atoms with E-state index in [1.807, 2.05) is 13.8 Å². The van der Waals surface area contributed by atoms with Crippen LogP contribution in [-0.4, -0.2) is 13.1 Å². The first-order valence-corrected chi connectivity index (χ1v) is 3.62. The minimum absolute atomic E-state index is 0. The van der Waals surface area contributed by atoms with Crippen LogP contribution < -0.4 is 5.32 Å². The normalized spacial score (nSPS) is 6.67. The van der Waals surface area contributed by atoms with E-state index >= 15 is 0 Å². The van der Waals surface area contributed by atoms with E-state index < -0.39 is 0 Å². The summed E-state index contributed by atoms with van der Waals surface area (Å²) in [6, 6.07) is 0. The summed E-state index contributed by atoms with van der Waals surface area (Å²) in [5.41, 5.74) is 0. The minimum Gasteiger partial charge on any atom is -0.317 e. The van der Waals surface area contributed by atoms with Gasteiger partial charge in [0.15, 0.2) is 0 Å². The van der Waals surface area contributed by atoms with E-state index in [4.69, 9.17) is 0 Å². The second kappa shape index (κ2) is 24.6. The van der Waals surface area contributed by atoms with E-state index in [0.29, 0.717) is 0 Å². The van der Waals surface area contributed by atoms with Crippen LogP contribution in [0.2, 0.25) is 0 Å². The zero-order valence-electron chi connectivity index (χ0n) is 6.62. The molecule has 0 aliphatic rings. The van der Waals surface area contributed by atoms with Crippen LogP contribution >= 0.6 is 0 Å². The lowest BCUT2D eigenvalue weighted by atomic mass is 10.5. The maximum atomic E-state index is 3.20. The van der Waals surface area contributed by atoms with Crippen LogP contribution in [0.3, 0.4) is 0 Å². The third kappa shape index (κ3) is 32.3. The summed E-state index contributed by atoms with van der Waals surface area (Å²) in [5.74, 6) is 0. The molecule has 0 aliphatic carbocycles. The van der Waals surface area contributed by atoms with Gasteiger partial charge in [0.25, 0.3) is 0 Å². The highest BCUT2D eigenvalue weighted by molar-refractivity contribution is 4.35. The lowest BCUT2D eigenvalue weighted by Crippen LogP contribution is -2.12. The first kappa shape index (κ1) is 16.0. The van der Waals surface area contributed by atoms with E-state index in [-0.39, 0.29) is 7.43 Å². The van der Waals surface area contributed by atoms with Gasteiger partial charge in [0, 0.05) is 0 Å². The Kier molecular flexibility index (Phi) is 43.7. The summed E-state index contributed by atoms with van der Waals surface area (Å²) >= 11 is 0. The molecule has 0 unspecified atom stereocenters. The molecule has 0 aromatic heterocycles. The average molecular weight is 133 g/mol. The van der Waals surface area contributed by atoms with Crippen LogP contribution in [0.5, 0.6) is 0 Å². The van der Waals surface area contributed by atoms with Crippen LogP contribution in [0.4, 0.5) is 0 Å². The molecule has 9 heavy (non-hydrogen) atoms. The molecule has 0 atom stereocenters. The minimum atomic E-state index is 0. The highest BCUT2D eigenvalue weighted by Crippen LogP contribution is 1.65. The number of hydrogen-bond donors (Lipinski definition) is 1. The molecule has 0 fully saturated rings. The second-order valence-corrected chi connectivity index (χ2v) is 1.35. The van der Waals surface area contributed by atoms with Crippen molar-refractivity contribution in [2.75, 3.05) is 13.1 Å². The Morgan fingerprint density at radius 2 is 1.56 bits per heavy atom. The maximum absolute atomic E-state index is 3.20. The molecule has 1 N–H and O–H groups in total. The maximum Gasteiger partial charge on any atom is -0.00517 e. The summed E-state index contributed by atoms with van der Waals surface area (Å²) in [5, 5.41) is 3.20. The third-order valence-electron chi connectivity index (χ3n) is 0.677. The summed E-state index contributed by atoms with van der Waals surface area (Å²) < 4.78 is 0. The Bertz CT molecular complexity index is 16.5. The highest BCUT2D eigenvalue weighted by Gasteiger charge is 1.71. The zero-order valence-corrected chi connectivity index (χ0v) is 6.62. The van der Waals surface area contributed by atoms with Crippen molar-refractivity contribution in [1.29, 1.82) is 0 Å².